The third-order valence-corrected chi connectivity index (χ3v) is 5.28. The molecule has 1 atom stereocenters. The molecule has 0 bridgehead atoms. The highest BCUT2D eigenvalue weighted by atomic mass is 32.1. The second-order valence-corrected chi connectivity index (χ2v) is 7.19. The maximum absolute atomic E-state index is 11.8. The summed E-state index contributed by atoms with van der Waals surface area (Å²) in [5, 5.41) is 19.1. The van der Waals surface area contributed by atoms with Crippen LogP contribution in [-0.2, 0) is 22.7 Å². The Hall–Kier alpha value is -2.42. The Balaban J connectivity index is 1.48. The number of aliphatic hydroxyl groups excluding tert-OH is 1. The zero-order chi connectivity index (χ0) is 17.6. The van der Waals surface area contributed by atoms with E-state index in [0.29, 0.717) is 5.76 Å². The second-order valence-electron chi connectivity index (χ2n) is 5.21. The average molecular weight is 376 g/mol. The Labute approximate surface area is 152 Å². The number of hydrogen-bond acceptors (Lipinski definition) is 6. The minimum Gasteiger partial charge on any atom is -0.467 e. The van der Waals surface area contributed by atoms with Crippen LogP contribution in [0.1, 0.15) is 27.2 Å². The molecule has 0 radical (unpaired) electrons. The predicted molar refractivity (Wildman–Crippen MR) is 95.1 cm³/mol. The number of amides is 2. The van der Waals surface area contributed by atoms with Gasteiger partial charge in [0, 0.05) is 9.75 Å². The summed E-state index contributed by atoms with van der Waals surface area (Å²) in [5.74, 6) is -0.849. The molecule has 0 aromatic carbocycles. The first-order valence-corrected chi connectivity index (χ1v) is 9.26. The highest BCUT2D eigenvalue weighted by molar-refractivity contribution is 7.12. The predicted octanol–water partition coefficient (Wildman–Crippen LogP) is 2.42. The van der Waals surface area contributed by atoms with Crippen molar-refractivity contribution >= 4 is 34.5 Å². The third kappa shape index (κ3) is 4.56. The molecule has 0 saturated carbocycles. The van der Waals surface area contributed by atoms with Crippen LogP contribution in [0.3, 0.4) is 0 Å². The number of nitrogens with one attached hydrogen (secondary N) is 2. The van der Waals surface area contributed by atoms with Crippen LogP contribution in [0.5, 0.6) is 0 Å². The number of furan rings is 1. The van der Waals surface area contributed by atoms with Crippen molar-refractivity contribution < 1.29 is 19.1 Å². The molecule has 3 aromatic heterocycles. The first-order chi connectivity index (χ1) is 12.1. The number of carbonyl (C=O) groups is 2. The lowest BCUT2D eigenvalue weighted by atomic mass is 10.2. The van der Waals surface area contributed by atoms with Gasteiger partial charge in [0.25, 0.3) is 0 Å². The molecule has 0 fully saturated rings. The fourth-order valence-corrected chi connectivity index (χ4v) is 3.79. The fraction of sp³-hybridized carbons (Fsp3) is 0.176. The van der Waals surface area contributed by atoms with Crippen LogP contribution >= 0.6 is 22.7 Å². The molecule has 3 N–H and O–H groups in total. The fourth-order valence-electron chi connectivity index (χ4n) is 2.14. The average Bonchev–Trinajstić information content (AvgIpc) is 3.39. The highest BCUT2D eigenvalue weighted by Crippen LogP contribution is 2.29. The number of aliphatic hydroxyl groups is 1. The van der Waals surface area contributed by atoms with Gasteiger partial charge in [0.05, 0.1) is 19.4 Å². The molecular formula is C17H16N2O4S2. The molecule has 0 aliphatic rings. The lowest BCUT2D eigenvalue weighted by Crippen LogP contribution is -2.39. The molecule has 0 spiro atoms. The Morgan fingerprint density at radius 2 is 1.92 bits per heavy atom. The summed E-state index contributed by atoms with van der Waals surface area (Å²) >= 11 is 2.92. The van der Waals surface area contributed by atoms with Crippen molar-refractivity contribution in [2.75, 3.05) is 0 Å². The molecule has 130 valence electrons. The van der Waals surface area contributed by atoms with Gasteiger partial charge in [0.15, 0.2) is 0 Å². The Kier molecular flexibility index (Phi) is 5.64. The first-order valence-electron chi connectivity index (χ1n) is 7.50. The molecule has 3 rings (SSSR count). The monoisotopic (exact) mass is 376 g/mol. The molecule has 3 aromatic rings. The smallest absolute Gasteiger partial charge is 0.309 e. The minimum absolute atomic E-state index is 0.162. The zero-order valence-corrected chi connectivity index (χ0v) is 14.7. The number of thiophene rings is 2. The van der Waals surface area contributed by atoms with Gasteiger partial charge in [-0.3, -0.25) is 9.59 Å². The maximum atomic E-state index is 11.8. The summed E-state index contributed by atoms with van der Waals surface area (Å²) in [4.78, 5) is 25.2. The van der Waals surface area contributed by atoms with E-state index in [4.69, 9.17) is 4.42 Å². The molecular weight excluding hydrogens is 360 g/mol. The molecule has 0 aliphatic heterocycles. The van der Waals surface area contributed by atoms with E-state index in [1.165, 1.54) is 28.9 Å². The zero-order valence-electron chi connectivity index (χ0n) is 13.1. The summed E-state index contributed by atoms with van der Waals surface area (Å²) in [7, 11) is 0. The molecule has 6 nitrogen and oxygen atoms in total. The number of hydrogen-bond donors (Lipinski definition) is 3. The molecule has 0 aliphatic carbocycles. The first kappa shape index (κ1) is 17.4. The van der Waals surface area contributed by atoms with Gasteiger partial charge in [-0.25, -0.2) is 0 Å². The Bertz CT molecular complexity index is 825. The third-order valence-electron chi connectivity index (χ3n) is 3.44. The molecule has 3 heterocycles. The van der Waals surface area contributed by atoms with E-state index < -0.39 is 17.9 Å². The lowest BCUT2D eigenvalue weighted by Gasteiger charge is -2.06. The summed E-state index contributed by atoms with van der Waals surface area (Å²) in [6, 6.07) is 8.95. The van der Waals surface area contributed by atoms with Gasteiger partial charge in [-0.2, -0.15) is 11.3 Å². The van der Waals surface area contributed by atoms with Crippen LogP contribution in [0, 0.1) is 0 Å². The van der Waals surface area contributed by atoms with Crippen molar-refractivity contribution in [1.82, 2.24) is 10.6 Å². The van der Waals surface area contributed by atoms with E-state index in [-0.39, 0.29) is 13.1 Å². The van der Waals surface area contributed by atoms with E-state index >= 15 is 0 Å². The van der Waals surface area contributed by atoms with Crippen LogP contribution in [0.25, 0.3) is 0 Å². The summed E-state index contributed by atoms with van der Waals surface area (Å²) in [6.45, 7) is 0.392. The second kappa shape index (κ2) is 8.11. The van der Waals surface area contributed by atoms with Gasteiger partial charge in [-0.15, -0.1) is 11.3 Å². The van der Waals surface area contributed by atoms with Crippen molar-refractivity contribution in [1.29, 1.82) is 0 Å². The molecule has 0 unspecified atom stereocenters. The normalized spacial score (nSPS) is 11.9. The van der Waals surface area contributed by atoms with Crippen molar-refractivity contribution in [2.24, 2.45) is 0 Å². The standard InChI is InChI=1S/C17H16N2O4S2/c20-15(11-5-7-24-10-11)14-4-3-13(25-14)9-19-17(22)16(21)18-8-12-2-1-6-23-12/h1-7,10,15,20H,8-9H2,(H,18,21)(H,19,22)/t15-/m0/s1. The van der Waals surface area contributed by atoms with Gasteiger partial charge in [-0.1, -0.05) is 0 Å². The van der Waals surface area contributed by atoms with Gasteiger partial charge >= 0.3 is 11.8 Å². The largest absolute Gasteiger partial charge is 0.467 e. The van der Waals surface area contributed by atoms with Crippen LogP contribution in [0.15, 0.2) is 51.8 Å². The van der Waals surface area contributed by atoms with Crippen molar-refractivity contribution in [3.63, 3.8) is 0 Å². The number of rotatable bonds is 6. The van der Waals surface area contributed by atoms with E-state index in [1.807, 2.05) is 29.0 Å². The quantitative estimate of drug-likeness (QED) is 0.576. The maximum Gasteiger partial charge on any atom is 0.309 e. The van der Waals surface area contributed by atoms with E-state index in [2.05, 4.69) is 10.6 Å². The molecule has 0 saturated heterocycles. The van der Waals surface area contributed by atoms with E-state index in [0.717, 1.165) is 15.3 Å². The van der Waals surface area contributed by atoms with Crippen LogP contribution < -0.4 is 10.6 Å². The highest BCUT2D eigenvalue weighted by Gasteiger charge is 2.16. The summed E-state index contributed by atoms with van der Waals surface area (Å²) < 4.78 is 5.08. The lowest BCUT2D eigenvalue weighted by molar-refractivity contribution is -0.139. The molecule has 8 heteroatoms. The Morgan fingerprint density at radius 3 is 2.60 bits per heavy atom. The van der Waals surface area contributed by atoms with E-state index in [9.17, 15) is 14.7 Å². The van der Waals surface area contributed by atoms with Crippen LogP contribution in [0.4, 0.5) is 0 Å². The van der Waals surface area contributed by atoms with Gasteiger partial charge in [0.2, 0.25) is 0 Å². The molecule has 25 heavy (non-hydrogen) atoms. The molecule has 2 amide bonds. The van der Waals surface area contributed by atoms with Crippen LogP contribution in [-0.4, -0.2) is 16.9 Å². The topological polar surface area (TPSA) is 91.6 Å². The SMILES string of the molecule is O=C(NCc1ccco1)C(=O)NCc1ccc([C@@H](O)c2ccsc2)s1. The Morgan fingerprint density at radius 1 is 1.12 bits per heavy atom. The van der Waals surface area contributed by atoms with Crippen LogP contribution in [0.2, 0.25) is 0 Å². The van der Waals surface area contributed by atoms with Crippen molar-refractivity contribution in [3.8, 4) is 0 Å². The van der Waals surface area contributed by atoms with Gasteiger partial charge in [0.1, 0.15) is 11.9 Å². The number of carbonyl (C=O) groups excluding carboxylic acids is 2. The van der Waals surface area contributed by atoms with Gasteiger partial charge in [-0.05, 0) is 46.7 Å². The summed E-state index contributed by atoms with van der Waals surface area (Å²) in [5.41, 5.74) is 0.847. The van der Waals surface area contributed by atoms with E-state index in [1.54, 1.807) is 12.1 Å². The minimum atomic E-state index is -0.716. The van der Waals surface area contributed by atoms with Crippen molar-refractivity contribution in [2.45, 2.75) is 19.2 Å². The summed E-state index contributed by atoms with van der Waals surface area (Å²) in [6.07, 6.45) is 0.831. The van der Waals surface area contributed by atoms with Crippen molar-refractivity contribution in [3.05, 3.63) is 68.4 Å². The van der Waals surface area contributed by atoms with Gasteiger partial charge < -0.3 is 20.2 Å².